The number of rotatable bonds is 8. The number of para-hydroxylation sites is 1. The normalized spacial score (nSPS) is 16.8. The zero-order valence-corrected chi connectivity index (χ0v) is 21.7. The molecule has 8 heteroatoms. The summed E-state index contributed by atoms with van der Waals surface area (Å²) in [5, 5.41) is 11.2. The van der Waals surface area contributed by atoms with Crippen LogP contribution in [0.2, 0.25) is 0 Å². The molecule has 1 unspecified atom stereocenters. The number of carbonyl (C=O) groups excluding carboxylic acids is 2. The van der Waals surface area contributed by atoms with Gasteiger partial charge in [0.2, 0.25) is 0 Å². The van der Waals surface area contributed by atoms with E-state index in [1.54, 1.807) is 56.7 Å². The van der Waals surface area contributed by atoms with E-state index in [1.165, 1.54) is 12.0 Å². The van der Waals surface area contributed by atoms with Gasteiger partial charge >= 0.3 is 0 Å². The summed E-state index contributed by atoms with van der Waals surface area (Å²) in [5.41, 5.74) is 1.99. The number of halogens is 1. The average molecular weight is 552 g/mol. The molecule has 186 valence electrons. The van der Waals surface area contributed by atoms with Crippen molar-refractivity contribution in [2.24, 2.45) is 0 Å². The van der Waals surface area contributed by atoms with Crippen LogP contribution in [0.4, 0.5) is 0 Å². The quantitative estimate of drug-likeness (QED) is 0.237. The third-order valence-electron chi connectivity index (χ3n) is 6.18. The monoisotopic (exact) mass is 551 g/mol. The molecular weight excluding hydrogens is 526 g/mol. The second kappa shape index (κ2) is 10.9. The molecule has 0 saturated carbocycles. The number of carbonyl (C=O) groups is 2. The number of amides is 1. The molecule has 0 spiro atoms. The number of nitrogens with zero attached hydrogens (tertiary/aromatic N) is 1. The highest BCUT2D eigenvalue weighted by molar-refractivity contribution is 9.10. The second-order valence-corrected chi connectivity index (χ2v) is 9.10. The zero-order valence-electron chi connectivity index (χ0n) is 20.2. The maximum atomic E-state index is 13.3. The van der Waals surface area contributed by atoms with Crippen LogP contribution in [0.25, 0.3) is 5.76 Å². The van der Waals surface area contributed by atoms with Gasteiger partial charge in [0.05, 0.1) is 32.9 Å². The predicted molar refractivity (Wildman–Crippen MR) is 139 cm³/mol. The number of aliphatic hydroxyl groups is 1. The Kier molecular flexibility index (Phi) is 7.64. The molecule has 1 saturated heterocycles. The van der Waals surface area contributed by atoms with Gasteiger partial charge in [0, 0.05) is 22.1 Å². The van der Waals surface area contributed by atoms with Gasteiger partial charge in [-0.25, -0.2) is 0 Å². The highest BCUT2D eigenvalue weighted by atomic mass is 79.9. The molecule has 3 aromatic carbocycles. The second-order valence-electron chi connectivity index (χ2n) is 8.18. The van der Waals surface area contributed by atoms with Gasteiger partial charge in [-0.2, -0.15) is 0 Å². The Morgan fingerprint density at radius 1 is 0.889 bits per heavy atom. The van der Waals surface area contributed by atoms with Gasteiger partial charge in [-0.1, -0.05) is 52.3 Å². The minimum Gasteiger partial charge on any atom is -0.507 e. The first-order valence-corrected chi connectivity index (χ1v) is 12.1. The van der Waals surface area contributed by atoms with Crippen molar-refractivity contribution in [2.45, 2.75) is 12.5 Å². The fourth-order valence-corrected chi connectivity index (χ4v) is 4.64. The summed E-state index contributed by atoms with van der Waals surface area (Å²) in [6.45, 7) is 0.236. The number of benzene rings is 3. The summed E-state index contributed by atoms with van der Waals surface area (Å²) in [4.78, 5) is 28.0. The fourth-order valence-electron chi connectivity index (χ4n) is 4.38. The van der Waals surface area contributed by atoms with Crippen molar-refractivity contribution < 1.29 is 28.9 Å². The van der Waals surface area contributed by atoms with Gasteiger partial charge in [-0.15, -0.1) is 0 Å². The molecule has 36 heavy (non-hydrogen) atoms. The highest BCUT2D eigenvalue weighted by Gasteiger charge is 2.46. The lowest BCUT2D eigenvalue weighted by Gasteiger charge is -2.26. The van der Waals surface area contributed by atoms with Crippen molar-refractivity contribution in [3.8, 4) is 17.2 Å². The molecule has 3 aromatic rings. The maximum absolute atomic E-state index is 13.3. The number of Topliss-reactive ketones (excluding diaryl/α,β-unsaturated/α-hetero) is 1. The van der Waals surface area contributed by atoms with Crippen molar-refractivity contribution in [1.82, 2.24) is 4.90 Å². The van der Waals surface area contributed by atoms with Gasteiger partial charge in [0.1, 0.15) is 11.5 Å². The van der Waals surface area contributed by atoms with Crippen LogP contribution in [0.1, 0.15) is 22.7 Å². The third kappa shape index (κ3) is 4.81. The summed E-state index contributed by atoms with van der Waals surface area (Å²) >= 11 is 3.38. The first kappa shape index (κ1) is 25.3. The van der Waals surface area contributed by atoms with Crippen molar-refractivity contribution >= 4 is 33.4 Å². The van der Waals surface area contributed by atoms with Crippen LogP contribution in [0.5, 0.6) is 17.2 Å². The summed E-state index contributed by atoms with van der Waals surface area (Å²) in [7, 11) is 4.66. The lowest BCUT2D eigenvalue weighted by molar-refractivity contribution is -0.139. The molecule has 0 aromatic heterocycles. The molecule has 1 N–H and O–H groups in total. The van der Waals surface area contributed by atoms with Crippen LogP contribution in [0.3, 0.4) is 0 Å². The third-order valence-corrected chi connectivity index (χ3v) is 6.71. The van der Waals surface area contributed by atoms with Crippen LogP contribution in [-0.2, 0) is 16.0 Å². The topological polar surface area (TPSA) is 85.3 Å². The first-order chi connectivity index (χ1) is 17.4. The predicted octanol–water partition coefficient (Wildman–Crippen LogP) is 5.14. The minimum absolute atomic E-state index is 0.0270. The Morgan fingerprint density at radius 2 is 1.56 bits per heavy atom. The SMILES string of the molecule is COc1ccc(CCN2C(=O)C(=O)C(=C(O)c3ccc(Br)cc3)C2c2ccccc2OC)cc1OC. The zero-order chi connectivity index (χ0) is 25.8. The standard InChI is InChI=1S/C28H26BrNO6/c1-34-21-7-5-4-6-20(21)25-24(26(31)18-9-11-19(29)12-10-18)27(32)28(33)30(25)15-14-17-8-13-22(35-2)23(16-17)36-3/h4-13,16,25,31H,14-15H2,1-3H3. The van der Waals surface area contributed by atoms with E-state index in [4.69, 9.17) is 14.2 Å². The summed E-state index contributed by atoms with van der Waals surface area (Å²) in [5.74, 6) is 0.0510. The van der Waals surface area contributed by atoms with Crippen molar-refractivity contribution in [3.05, 3.63) is 93.5 Å². The number of likely N-dealkylation sites (tertiary alicyclic amines) is 1. The molecule has 0 radical (unpaired) electrons. The molecule has 1 heterocycles. The Balaban J connectivity index is 1.77. The van der Waals surface area contributed by atoms with E-state index >= 15 is 0 Å². The average Bonchev–Trinajstić information content (AvgIpc) is 3.16. The Labute approximate surface area is 218 Å². The van der Waals surface area contributed by atoms with E-state index < -0.39 is 17.7 Å². The Bertz CT molecular complexity index is 1320. The van der Waals surface area contributed by atoms with Crippen molar-refractivity contribution in [2.75, 3.05) is 27.9 Å². The Morgan fingerprint density at radius 3 is 2.22 bits per heavy atom. The van der Waals surface area contributed by atoms with Crippen LogP contribution in [-0.4, -0.2) is 49.6 Å². The maximum Gasteiger partial charge on any atom is 0.295 e. The van der Waals surface area contributed by atoms with E-state index in [0.717, 1.165) is 10.0 Å². The number of aliphatic hydroxyl groups excluding tert-OH is 1. The van der Waals surface area contributed by atoms with Crippen LogP contribution >= 0.6 is 15.9 Å². The molecule has 1 atom stereocenters. The lowest BCUT2D eigenvalue weighted by atomic mass is 9.94. The molecule has 0 bridgehead atoms. The lowest BCUT2D eigenvalue weighted by Crippen LogP contribution is -2.31. The van der Waals surface area contributed by atoms with Crippen LogP contribution in [0.15, 0.2) is 76.8 Å². The number of ether oxygens (including phenoxy) is 3. The minimum atomic E-state index is -0.815. The summed E-state index contributed by atoms with van der Waals surface area (Å²) in [6, 6.07) is 18.8. The Hall–Kier alpha value is -3.78. The van der Waals surface area contributed by atoms with Crippen LogP contribution < -0.4 is 14.2 Å². The van der Waals surface area contributed by atoms with Crippen molar-refractivity contribution in [1.29, 1.82) is 0 Å². The summed E-state index contributed by atoms with van der Waals surface area (Å²) in [6.07, 6.45) is 0.456. The molecule has 7 nitrogen and oxygen atoms in total. The molecule has 1 fully saturated rings. The van der Waals surface area contributed by atoms with Gasteiger partial charge in [0.25, 0.3) is 11.7 Å². The number of ketones is 1. The smallest absolute Gasteiger partial charge is 0.295 e. The van der Waals surface area contributed by atoms with Crippen LogP contribution in [0, 0.1) is 0 Å². The molecule has 1 amide bonds. The highest BCUT2D eigenvalue weighted by Crippen LogP contribution is 2.42. The molecule has 1 aliphatic rings. The van der Waals surface area contributed by atoms with E-state index in [0.29, 0.717) is 34.8 Å². The molecule has 4 rings (SSSR count). The fraction of sp³-hybridized carbons (Fsp3) is 0.214. The van der Waals surface area contributed by atoms with E-state index in [2.05, 4.69) is 15.9 Å². The largest absolute Gasteiger partial charge is 0.507 e. The van der Waals surface area contributed by atoms with Gasteiger partial charge in [0.15, 0.2) is 11.5 Å². The van der Waals surface area contributed by atoms with Crippen molar-refractivity contribution in [3.63, 3.8) is 0 Å². The van der Waals surface area contributed by atoms with Gasteiger partial charge in [-0.05, 0) is 42.3 Å². The first-order valence-electron chi connectivity index (χ1n) is 11.3. The number of hydrogen-bond donors (Lipinski definition) is 1. The van der Waals surface area contributed by atoms with E-state index in [-0.39, 0.29) is 17.9 Å². The van der Waals surface area contributed by atoms with Gasteiger partial charge < -0.3 is 24.2 Å². The summed E-state index contributed by atoms with van der Waals surface area (Å²) < 4.78 is 17.1. The molecular formula is C28H26BrNO6. The van der Waals surface area contributed by atoms with E-state index in [9.17, 15) is 14.7 Å². The molecule has 0 aliphatic carbocycles. The molecule has 1 aliphatic heterocycles. The number of methoxy groups -OCH3 is 3. The van der Waals surface area contributed by atoms with Gasteiger partial charge in [-0.3, -0.25) is 9.59 Å². The number of hydrogen-bond acceptors (Lipinski definition) is 6. The van der Waals surface area contributed by atoms with E-state index in [1.807, 2.05) is 24.3 Å².